The molecule has 0 bridgehead atoms. The average Bonchev–Trinajstić information content (AvgIpc) is 2.01. The second kappa shape index (κ2) is 4.28. The second-order valence-corrected chi connectivity index (χ2v) is 3.94. The first-order chi connectivity index (χ1) is 6.47. The average molecular weight is 195 g/mol. The molecule has 0 unspecified atom stereocenters. The summed E-state index contributed by atoms with van der Waals surface area (Å²) in [5.74, 6) is 1.24. The summed E-state index contributed by atoms with van der Waals surface area (Å²) in [6.07, 6.45) is 0.670. The van der Waals surface area contributed by atoms with Gasteiger partial charge in [-0.3, -0.25) is 0 Å². The number of hydrogen-bond acceptors (Lipinski definition) is 4. The van der Waals surface area contributed by atoms with Crippen molar-refractivity contribution in [3.8, 4) is 0 Å². The zero-order chi connectivity index (χ0) is 10.6. The van der Waals surface area contributed by atoms with Crippen LogP contribution in [0.4, 0.5) is 11.6 Å². The maximum absolute atomic E-state index is 9.47. The van der Waals surface area contributed by atoms with E-state index in [0.29, 0.717) is 18.8 Å². The van der Waals surface area contributed by atoms with Gasteiger partial charge in [-0.15, -0.1) is 0 Å². The molecule has 14 heavy (non-hydrogen) atoms. The van der Waals surface area contributed by atoms with E-state index in [-0.39, 0.29) is 0 Å². The van der Waals surface area contributed by atoms with Crippen LogP contribution >= 0.6 is 0 Å². The van der Waals surface area contributed by atoms with E-state index in [1.807, 2.05) is 12.1 Å². The fourth-order valence-corrected chi connectivity index (χ4v) is 1.05. The number of hydrogen-bond donors (Lipinski definition) is 3. The van der Waals surface area contributed by atoms with Crippen molar-refractivity contribution >= 4 is 11.6 Å². The number of aliphatic hydroxyl groups is 1. The van der Waals surface area contributed by atoms with Crippen molar-refractivity contribution in [3.63, 3.8) is 0 Å². The van der Waals surface area contributed by atoms with Crippen molar-refractivity contribution in [2.24, 2.45) is 0 Å². The fraction of sp³-hybridized carbons (Fsp3) is 0.500. The third-order valence-corrected chi connectivity index (χ3v) is 1.81. The van der Waals surface area contributed by atoms with Crippen molar-refractivity contribution in [2.75, 3.05) is 17.6 Å². The Labute approximate surface area is 84.2 Å². The summed E-state index contributed by atoms with van der Waals surface area (Å²) >= 11 is 0. The zero-order valence-electron chi connectivity index (χ0n) is 8.62. The normalized spacial score (nSPS) is 11.4. The molecule has 1 heterocycles. The van der Waals surface area contributed by atoms with Crippen LogP contribution in [0.15, 0.2) is 18.2 Å². The Morgan fingerprint density at radius 2 is 2.21 bits per heavy atom. The van der Waals surface area contributed by atoms with Crippen molar-refractivity contribution in [3.05, 3.63) is 18.2 Å². The van der Waals surface area contributed by atoms with Crippen LogP contribution < -0.4 is 11.1 Å². The van der Waals surface area contributed by atoms with E-state index in [4.69, 9.17) is 5.73 Å². The lowest BCUT2D eigenvalue weighted by atomic mass is 10.1. The molecule has 0 aliphatic rings. The first kappa shape index (κ1) is 10.8. The minimum absolute atomic E-state index is 0.498. The number of nitrogens with two attached hydrogens (primary N) is 1. The molecule has 1 rings (SSSR count). The van der Waals surface area contributed by atoms with Gasteiger partial charge in [0.2, 0.25) is 0 Å². The summed E-state index contributed by atoms with van der Waals surface area (Å²) in [5.41, 5.74) is 4.87. The van der Waals surface area contributed by atoms with Gasteiger partial charge in [-0.1, -0.05) is 6.07 Å². The van der Waals surface area contributed by atoms with E-state index in [2.05, 4.69) is 10.3 Å². The Kier molecular flexibility index (Phi) is 3.30. The van der Waals surface area contributed by atoms with E-state index < -0.39 is 5.60 Å². The molecule has 0 radical (unpaired) electrons. The van der Waals surface area contributed by atoms with Gasteiger partial charge in [-0.05, 0) is 32.4 Å². The lowest BCUT2D eigenvalue weighted by molar-refractivity contribution is 0.0748. The van der Waals surface area contributed by atoms with Crippen molar-refractivity contribution in [1.82, 2.24) is 4.98 Å². The Bertz CT molecular complexity index is 294. The van der Waals surface area contributed by atoms with Gasteiger partial charge in [0.1, 0.15) is 11.6 Å². The maximum atomic E-state index is 9.47. The van der Waals surface area contributed by atoms with Crippen LogP contribution in [0.5, 0.6) is 0 Å². The van der Waals surface area contributed by atoms with Gasteiger partial charge in [-0.2, -0.15) is 0 Å². The quantitative estimate of drug-likeness (QED) is 0.676. The number of aromatic nitrogens is 1. The number of pyridine rings is 1. The number of nitrogens with one attached hydrogen (secondary N) is 1. The largest absolute Gasteiger partial charge is 0.390 e. The molecule has 0 aromatic carbocycles. The van der Waals surface area contributed by atoms with Gasteiger partial charge < -0.3 is 16.2 Å². The number of anilines is 2. The predicted molar refractivity (Wildman–Crippen MR) is 58.1 cm³/mol. The summed E-state index contributed by atoms with van der Waals surface area (Å²) in [4.78, 5) is 4.08. The molecule has 1 aromatic rings. The van der Waals surface area contributed by atoms with Crippen LogP contribution in [0.1, 0.15) is 20.3 Å². The summed E-state index contributed by atoms with van der Waals surface area (Å²) in [5, 5.41) is 12.6. The maximum Gasteiger partial charge on any atom is 0.128 e. The van der Waals surface area contributed by atoms with E-state index >= 15 is 0 Å². The highest BCUT2D eigenvalue weighted by Crippen LogP contribution is 2.09. The summed E-state index contributed by atoms with van der Waals surface area (Å²) < 4.78 is 0. The molecule has 4 heteroatoms. The topological polar surface area (TPSA) is 71.2 Å². The zero-order valence-corrected chi connectivity index (χ0v) is 8.62. The summed E-state index contributed by atoms with van der Waals surface area (Å²) in [7, 11) is 0. The highest BCUT2D eigenvalue weighted by Gasteiger charge is 2.11. The Morgan fingerprint density at radius 3 is 2.79 bits per heavy atom. The summed E-state index contributed by atoms with van der Waals surface area (Å²) in [6.45, 7) is 4.24. The number of nitrogen functional groups attached to an aromatic ring is 1. The standard InChI is InChI=1S/C10H17N3O/c1-10(2,14)6-7-12-9-5-3-4-8(11)13-9/h3-5,14H,6-7H2,1-2H3,(H3,11,12,13). The number of rotatable bonds is 4. The number of nitrogens with zero attached hydrogens (tertiary/aromatic N) is 1. The van der Waals surface area contributed by atoms with Gasteiger partial charge in [0.05, 0.1) is 5.60 Å². The van der Waals surface area contributed by atoms with E-state index in [9.17, 15) is 5.11 Å². The minimum atomic E-state index is -0.646. The van der Waals surface area contributed by atoms with Gasteiger partial charge in [0.15, 0.2) is 0 Å². The highest BCUT2D eigenvalue weighted by atomic mass is 16.3. The Hall–Kier alpha value is -1.29. The highest BCUT2D eigenvalue weighted by molar-refractivity contribution is 5.41. The molecule has 0 spiro atoms. The molecule has 0 saturated carbocycles. The monoisotopic (exact) mass is 195 g/mol. The van der Waals surface area contributed by atoms with Gasteiger partial charge in [0.25, 0.3) is 0 Å². The molecule has 0 fully saturated rings. The molecule has 4 N–H and O–H groups in total. The predicted octanol–water partition coefficient (Wildman–Crippen LogP) is 1.24. The van der Waals surface area contributed by atoms with E-state index in [0.717, 1.165) is 5.82 Å². The third kappa shape index (κ3) is 4.09. The van der Waals surface area contributed by atoms with E-state index in [1.165, 1.54) is 0 Å². The molecular formula is C10H17N3O. The van der Waals surface area contributed by atoms with Crippen LogP contribution in [0.25, 0.3) is 0 Å². The molecule has 0 aliphatic carbocycles. The van der Waals surface area contributed by atoms with Crippen LogP contribution in [-0.4, -0.2) is 22.2 Å². The van der Waals surface area contributed by atoms with E-state index in [1.54, 1.807) is 19.9 Å². The third-order valence-electron chi connectivity index (χ3n) is 1.81. The fourth-order valence-electron chi connectivity index (χ4n) is 1.05. The minimum Gasteiger partial charge on any atom is -0.390 e. The first-order valence-electron chi connectivity index (χ1n) is 4.66. The van der Waals surface area contributed by atoms with Crippen molar-refractivity contribution in [1.29, 1.82) is 0 Å². The van der Waals surface area contributed by atoms with Crippen molar-refractivity contribution < 1.29 is 5.11 Å². The molecule has 0 aliphatic heterocycles. The lowest BCUT2D eigenvalue weighted by Gasteiger charge is -2.17. The second-order valence-electron chi connectivity index (χ2n) is 3.94. The van der Waals surface area contributed by atoms with Gasteiger partial charge in [0, 0.05) is 6.54 Å². The van der Waals surface area contributed by atoms with Crippen LogP contribution in [0.2, 0.25) is 0 Å². The van der Waals surface area contributed by atoms with Crippen molar-refractivity contribution in [2.45, 2.75) is 25.9 Å². The Balaban J connectivity index is 2.39. The van der Waals surface area contributed by atoms with Gasteiger partial charge in [-0.25, -0.2) is 4.98 Å². The smallest absolute Gasteiger partial charge is 0.128 e. The molecule has 78 valence electrons. The molecule has 0 atom stereocenters. The SMILES string of the molecule is CC(C)(O)CCNc1cccc(N)n1. The van der Waals surface area contributed by atoms with Crippen LogP contribution in [0.3, 0.4) is 0 Å². The molecule has 0 saturated heterocycles. The lowest BCUT2D eigenvalue weighted by Crippen LogP contribution is -2.22. The molecule has 0 amide bonds. The van der Waals surface area contributed by atoms with Gasteiger partial charge >= 0.3 is 0 Å². The van der Waals surface area contributed by atoms with Crippen LogP contribution in [-0.2, 0) is 0 Å². The Morgan fingerprint density at radius 1 is 1.50 bits per heavy atom. The summed E-state index contributed by atoms with van der Waals surface area (Å²) in [6, 6.07) is 5.43. The molecular weight excluding hydrogens is 178 g/mol. The molecule has 1 aromatic heterocycles. The molecule has 4 nitrogen and oxygen atoms in total. The van der Waals surface area contributed by atoms with Crippen LogP contribution in [0, 0.1) is 0 Å². The first-order valence-corrected chi connectivity index (χ1v) is 4.66.